The van der Waals surface area contributed by atoms with Gasteiger partial charge in [-0.15, -0.1) is 0 Å². The second kappa shape index (κ2) is 5.55. The van der Waals surface area contributed by atoms with E-state index in [4.69, 9.17) is 10.5 Å². The number of benzene rings is 1. The molecule has 0 radical (unpaired) electrons. The lowest BCUT2D eigenvalue weighted by atomic mass is 10.1. The minimum atomic E-state index is -0.257. The van der Waals surface area contributed by atoms with E-state index in [9.17, 15) is 4.39 Å². The van der Waals surface area contributed by atoms with Crippen LogP contribution >= 0.6 is 0 Å². The smallest absolute Gasteiger partial charge is 0.135 e. The number of ether oxygens (including phenoxy) is 1. The van der Waals surface area contributed by atoms with Crippen LogP contribution in [-0.4, -0.2) is 17.1 Å². The lowest BCUT2D eigenvalue weighted by Crippen LogP contribution is -2.04. The standard InChI is InChI=1S/C13H14FN3O/c1-18-8-11-7-12(15)17-13(16-11)6-9-2-4-10(14)5-3-9/h2-5,7H,6,8H2,1H3,(H2,15,16,17). The van der Waals surface area contributed by atoms with Gasteiger partial charge in [-0.3, -0.25) is 0 Å². The van der Waals surface area contributed by atoms with Crippen molar-refractivity contribution in [3.8, 4) is 0 Å². The largest absolute Gasteiger partial charge is 0.384 e. The molecule has 0 bridgehead atoms. The summed E-state index contributed by atoms with van der Waals surface area (Å²) in [6.45, 7) is 0.392. The van der Waals surface area contributed by atoms with Crippen molar-refractivity contribution in [3.63, 3.8) is 0 Å². The van der Waals surface area contributed by atoms with Crippen LogP contribution in [0.1, 0.15) is 17.1 Å². The molecule has 0 aliphatic carbocycles. The van der Waals surface area contributed by atoms with E-state index in [1.165, 1.54) is 12.1 Å². The van der Waals surface area contributed by atoms with Crippen molar-refractivity contribution in [2.24, 2.45) is 0 Å². The van der Waals surface area contributed by atoms with Crippen molar-refractivity contribution in [2.45, 2.75) is 13.0 Å². The van der Waals surface area contributed by atoms with E-state index < -0.39 is 0 Å². The van der Waals surface area contributed by atoms with Gasteiger partial charge in [-0.25, -0.2) is 14.4 Å². The predicted octanol–water partition coefficient (Wildman–Crippen LogP) is 1.94. The van der Waals surface area contributed by atoms with Crippen molar-refractivity contribution >= 4 is 5.82 Å². The highest BCUT2D eigenvalue weighted by Gasteiger charge is 2.04. The molecule has 0 aliphatic rings. The summed E-state index contributed by atoms with van der Waals surface area (Å²) in [5, 5.41) is 0. The summed E-state index contributed by atoms with van der Waals surface area (Å²) in [5.74, 6) is 0.759. The Hall–Kier alpha value is -2.01. The summed E-state index contributed by atoms with van der Waals surface area (Å²) in [6, 6.07) is 7.92. The zero-order valence-electron chi connectivity index (χ0n) is 10.1. The van der Waals surface area contributed by atoms with E-state index in [-0.39, 0.29) is 5.82 Å². The molecule has 2 aromatic rings. The summed E-state index contributed by atoms with van der Waals surface area (Å²) in [5.41, 5.74) is 7.37. The van der Waals surface area contributed by atoms with Crippen LogP contribution in [0.15, 0.2) is 30.3 Å². The molecule has 4 nitrogen and oxygen atoms in total. The van der Waals surface area contributed by atoms with E-state index in [1.54, 1.807) is 25.3 Å². The van der Waals surface area contributed by atoms with E-state index in [0.29, 0.717) is 24.7 Å². The summed E-state index contributed by atoms with van der Waals surface area (Å²) in [6.07, 6.45) is 0.516. The van der Waals surface area contributed by atoms with Gasteiger partial charge in [0.25, 0.3) is 0 Å². The fourth-order valence-electron chi connectivity index (χ4n) is 1.66. The zero-order valence-corrected chi connectivity index (χ0v) is 10.1. The number of nitrogen functional groups attached to an aromatic ring is 1. The van der Waals surface area contributed by atoms with E-state index in [0.717, 1.165) is 11.3 Å². The zero-order chi connectivity index (χ0) is 13.0. The molecule has 2 N–H and O–H groups in total. The molecule has 1 aromatic heterocycles. The maximum atomic E-state index is 12.8. The Morgan fingerprint density at radius 1 is 1.22 bits per heavy atom. The third-order valence-electron chi connectivity index (χ3n) is 2.41. The third-order valence-corrected chi connectivity index (χ3v) is 2.41. The minimum absolute atomic E-state index is 0.257. The quantitative estimate of drug-likeness (QED) is 0.896. The number of halogens is 1. The molecule has 0 aliphatic heterocycles. The number of nitrogens with zero attached hydrogens (tertiary/aromatic N) is 2. The summed E-state index contributed by atoms with van der Waals surface area (Å²) in [7, 11) is 1.60. The Kier molecular flexibility index (Phi) is 3.84. The Bertz CT molecular complexity index is 528. The molecule has 18 heavy (non-hydrogen) atoms. The lowest BCUT2D eigenvalue weighted by Gasteiger charge is -2.05. The first-order valence-electron chi connectivity index (χ1n) is 5.53. The van der Waals surface area contributed by atoms with Crippen LogP contribution in [0.5, 0.6) is 0 Å². The van der Waals surface area contributed by atoms with Crippen LogP contribution < -0.4 is 5.73 Å². The molecule has 0 saturated carbocycles. The van der Waals surface area contributed by atoms with Gasteiger partial charge in [0.2, 0.25) is 0 Å². The van der Waals surface area contributed by atoms with Crippen LogP contribution in [0.25, 0.3) is 0 Å². The highest BCUT2D eigenvalue weighted by atomic mass is 19.1. The van der Waals surface area contributed by atoms with E-state index in [2.05, 4.69) is 9.97 Å². The molecule has 2 rings (SSSR count). The summed E-state index contributed by atoms with van der Waals surface area (Å²) < 4.78 is 17.8. The lowest BCUT2D eigenvalue weighted by molar-refractivity contribution is 0.181. The minimum Gasteiger partial charge on any atom is -0.384 e. The number of anilines is 1. The molecule has 0 saturated heterocycles. The van der Waals surface area contributed by atoms with Crippen molar-refractivity contribution in [1.82, 2.24) is 9.97 Å². The first-order chi connectivity index (χ1) is 8.67. The second-order valence-electron chi connectivity index (χ2n) is 3.94. The fourth-order valence-corrected chi connectivity index (χ4v) is 1.66. The predicted molar refractivity (Wildman–Crippen MR) is 66.4 cm³/mol. The van der Waals surface area contributed by atoms with Crippen molar-refractivity contribution in [1.29, 1.82) is 0 Å². The molecule has 0 spiro atoms. The fraction of sp³-hybridized carbons (Fsp3) is 0.231. The highest BCUT2D eigenvalue weighted by molar-refractivity contribution is 5.31. The Balaban J connectivity index is 2.20. The molecule has 0 amide bonds. The number of methoxy groups -OCH3 is 1. The Morgan fingerprint density at radius 3 is 2.61 bits per heavy atom. The molecule has 1 aromatic carbocycles. The Labute approximate surface area is 105 Å². The third kappa shape index (κ3) is 3.24. The SMILES string of the molecule is COCc1cc(N)nc(Cc2ccc(F)cc2)n1. The summed E-state index contributed by atoms with van der Waals surface area (Å²) in [4.78, 5) is 8.48. The van der Waals surface area contributed by atoms with Crippen molar-refractivity contribution in [2.75, 3.05) is 12.8 Å². The van der Waals surface area contributed by atoms with Gasteiger partial charge < -0.3 is 10.5 Å². The van der Waals surface area contributed by atoms with Gasteiger partial charge in [0, 0.05) is 19.6 Å². The van der Waals surface area contributed by atoms with Gasteiger partial charge in [0.05, 0.1) is 12.3 Å². The topological polar surface area (TPSA) is 61.0 Å². The number of nitrogens with two attached hydrogens (primary N) is 1. The van der Waals surface area contributed by atoms with Crippen LogP contribution in [0.4, 0.5) is 10.2 Å². The number of rotatable bonds is 4. The molecule has 5 heteroatoms. The van der Waals surface area contributed by atoms with Gasteiger partial charge in [-0.05, 0) is 17.7 Å². The van der Waals surface area contributed by atoms with Gasteiger partial charge in [-0.2, -0.15) is 0 Å². The van der Waals surface area contributed by atoms with Crippen LogP contribution in [-0.2, 0) is 17.8 Å². The van der Waals surface area contributed by atoms with E-state index >= 15 is 0 Å². The molecular formula is C13H14FN3O. The number of aromatic nitrogens is 2. The summed E-state index contributed by atoms with van der Waals surface area (Å²) >= 11 is 0. The van der Waals surface area contributed by atoms with Crippen molar-refractivity contribution < 1.29 is 9.13 Å². The molecule has 0 unspecified atom stereocenters. The molecule has 0 fully saturated rings. The van der Waals surface area contributed by atoms with Crippen LogP contribution in [0, 0.1) is 5.82 Å². The first kappa shape index (κ1) is 12.4. The van der Waals surface area contributed by atoms with Crippen molar-refractivity contribution in [3.05, 3.63) is 53.2 Å². The number of hydrogen-bond acceptors (Lipinski definition) is 4. The second-order valence-corrected chi connectivity index (χ2v) is 3.94. The maximum Gasteiger partial charge on any atom is 0.135 e. The van der Waals surface area contributed by atoms with Gasteiger partial charge >= 0.3 is 0 Å². The van der Waals surface area contributed by atoms with Gasteiger partial charge in [0.15, 0.2) is 0 Å². The average molecular weight is 247 g/mol. The molecule has 94 valence electrons. The Morgan fingerprint density at radius 2 is 1.94 bits per heavy atom. The normalized spacial score (nSPS) is 10.6. The molecular weight excluding hydrogens is 233 g/mol. The first-order valence-corrected chi connectivity index (χ1v) is 5.53. The van der Waals surface area contributed by atoms with E-state index in [1.807, 2.05) is 0 Å². The number of hydrogen-bond donors (Lipinski definition) is 1. The van der Waals surface area contributed by atoms with Gasteiger partial charge in [0.1, 0.15) is 17.5 Å². The van der Waals surface area contributed by atoms with Crippen LogP contribution in [0.2, 0.25) is 0 Å². The average Bonchev–Trinajstić information content (AvgIpc) is 2.32. The monoisotopic (exact) mass is 247 g/mol. The molecule has 0 atom stereocenters. The van der Waals surface area contributed by atoms with Crippen LogP contribution in [0.3, 0.4) is 0 Å². The molecule has 1 heterocycles. The maximum absolute atomic E-state index is 12.8. The highest BCUT2D eigenvalue weighted by Crippen LogP contribution is 2.10. The van der Waals surface area contributed by atoms with Gasteiger partial charge in [-0.1, -0.05) is 12.1 Å².